The fraction of sp³-hybridized carbons (Fsp3) is 0.667. The molecule has 3 aliphatic rings. The smallest absolute Gasteiger partial charge is 0.311 e. The Morgan fingerprint density at radius 2 is 1.50 bits per heavy atom. The zero-order chi connectivity index (χ0) is 33.7. The van der Waals surface area contributed by atoms with Crippen LogP contribution < -0.4 is 10.4 Å². The van der Waals surface area contributed by atoms with Crippen molar-refractivity contribution in [3.63, 3.8) is 0 Å². The van der Waals surface area contributed by atoms with E-state index in [0.717, 1.165) is 19.3 Å². The molecule has 3 saturated carbocycles. The van der Waals surface area contributed by atoms with Crippen molar-refractivity contribution in [1.29, 1.82) is 0 Å². The lowest BCUT2D eigenvalue weighted by Crippen LogP contribution is -2.67. The van der Waals surface area contributed by atoms with Crippen LogP contribution in [0.25, 0.3) is 0 Å². The van der Waals surface area contributed by atoms with Crippen LogP contribution in [0, 0.1) is 39.9 Å². The minimum Gasteiger partial charge on any atom is -0.462 e. The number of hydrogen-bond acceptors (Lipinski definition) is 6. The van der Waals surface area contributed by atoms with E-state index in [2.05, 4.69) is 102 Å². The van der Waals surface area contributed by atoms with Gasteiger partial charge in [0.25, 0.3) is 8.32 Å². The van der Waals surface area contributed by atoms with Gasteiger partial charge in [0, 0.05) is 19.6 Å². The number of aliphatic hydroxyl groups excluding tert-OH is 1. The van der Waals surface area contributed by atoms with E-state index in [9.17, 15) is 9.90 Å². The summed E-state index contributed by atoms with van der Waals surface area (Å²) in [5.74, 6) is -0.0173. The summed E-state index contributed by atoms with van der Waals surface area (Å²) in [5.41, 5.74) is -1.21. The molecule has 0 radical (unpaired) electrons. The molecule has 7 heteroatoms. The van der Waals surface area contributed by atoms with Crippen LogP contribution in [0.15, 0.2) is 60.7 Å². The van der Waals surface area contributed by atoms with E-state index in [1.165, 1.54) is 10.4 Å². The lowest BCUT2D eigenvalue weighted by molar-refractivity contribution is -0.179. The lowest BCUT2D eigenvalue weighted by atomic mass is 9.52. The van der Waals surface area contributed by atoms with Gasteiger partial charge in [-0.1, -0.05) is 102 Å². The number of esters is 1. The number of rotatable bonds is 9. The Kier molecular flexibility index (Phi) is 9.80. The Morgan fingerprint density at radius 1 is 0.935 bits per heavy atom. The largest absolute Gasteiger partial charge is 0.462 e. The molecule has 2 aromatic rings. The molecule has 0 aromatic heterocycles. The molecule has 0 unspecified atom stereocenters. The van der Waals surface area contributed by atoms with Crippen LogP contribution >= 0.6 is 0 Å². The molecule has 0 bridgehead atoms. The third kappa shape index (κ3) is 5.72. The van der Waals surface area contributed by atoms with Gasteiger partial charge >= 0.3 is 5.97 Å². The zero-order valence-corrected chi connectivity index (χ0v) is 30.8. The second-order valence-electron chi connectivity index (χ2n) is 17.0. The normalized spacial score (nSPS) is 32.5. The molecular weight excluding hydrogens is 593 g/mol. The lowest BCUT2D eigenvalue weighted by Gasteiger charge is -2.55. The summed E-state index contributed by atoms with van der Waals surface area (Å²) < 4.78 is 25.8. The van der Waals surface area contributed by atoms with Gasteiger partial charge in [0.15, 0.2) is 0 Å². The van der Waals surface area contributed by atoms with E-state index in [1.807, 2.05) is 20.8 Å². The minimum absolute atomic E-state index is 0.0329. The first-order chi connectivity index (χ1) is 21.5. The van der Waals surface area contributed by atoms with Gasteiger partial charge < -0.3 is 23.7 Å². The highest BCUT2D eigenvalue weighted by Gasteiger charge is 2.73. The van der Waals surface area contributed by atoms with Crippen LogP contribution in [0.1, 0.15) is 81.6 Å². The summed E-state index contributed by atoms with van der Waals surface area (Å²) in [6, 6.07) is 21.6. The SMILES string of the molecule is COCO[C@@H]1CC[C@@]23[C@@H]1[C@H](O)C(C)(C)[C@@H]2C[C@H](OC(=O)C(C)(C)C)[C@@H](C)[C@@H]3CO[Si](c1ccccc1)(c1ccccc1)C(C)(C)C. The summed E-state index contributed by atoms with van der Waals surface area (Å²) in [5, 5.41) is 14.5. The molecule has 0 saturated heterocycles. The molecule has 0 heterocycles. The number of carbonyl (C=O) groups excluding carboxylic acids is 1. The summed E-state index contributed by atoms with van der Waals surface area (Å²) >= 11 is 0. The molecular formula is C39H58O6Si. The molecule has 3 aliphatic carbocycles. The summed E-state index contributed by atoms with van der Waals surface area (Å²) in [6.07, 6.45) is 1.62. The first-order valence-electron chi connectivity index (χ1n) is 17.3. The van der Waals surface area contributed by atoms with Crippen molar-refractivity contribution in [2.75, 3.05) is 20.5 Å². The van der Waals surface area contributed by atoms with Gasteiger partial charge in [-0.2, -0.15) is 0 Å². The second-order valence-corrected chi connectivity index (χ2v) is 21.3. The highest BCUT2D eigenvalue weighted by Crippen LogP contribution is 2.72. The van der Waals surface area contributed by atoms with Gasteiger partial charge in [0.1, 0.15) is 12.9 Å². The van der Waals surface area contributed by atoms with E-state index in [4.69, 9.17) is 18.6 Å². The van der Waals surface area contributed by atoms with Gasteiger partial charge in [-0.15, -0.1) is 0 Å². The van der Waals surface area contributed by atoms with Gasteiger partial charge in [-0.25, -0.2) is 0 Å². The number of carbonyl (C=O) groups is 1. The maximum atomic E-state index is 13.4. The number of aliphatic hydroxyl groups is 1. The molecule has 2 aromatic carbocycles. The molecule has 1 spiro atoms. The van der Waals surface area contributed by atoms with Crippen LogP contribution in [0.2, 0.25) is 5.04 Å². The van der Waals surface area contributed by atoms with E-state index in [-0.39, 0.29) is 64.5 Å². The topological polar surface area (TPSA) is 74.2 Å². The Morgan fingerprint density at radius 3 is 2.00 bits per heavy atom. The van der Waals surface area contributed by atoms with Crippen molar-refractivity contribution in [2.45, 2.75) is 105 Å². The van der Waals surface area contributed by atoms with E-state index in [0.29, 0.717) is 6.61 Å². The Hall–Kier alpha value is -2.03. The quantitative estimate of drug-likeness (QED) is 0.188. The highest BCUT2D eigenvalue weighted by molar-refractivity contribution is 6.99. The first kappa shape index (κ1) is 35.3. The number of ether oxygens (including phenoxy) is 3. The molecule has 0 amide bonds. The fourth-order valence-corrected chi connectivity index (χ4v) is 14.4. The van der Waals surface area contributed by atoms with Crippen molar-refractivity contribution in [1.82, 2.24) is 0 Å². The van der Waals surface area contributed by atoms with Crippen LogP contribution in [-0.4, -0.2) is 58.2 Å². The minimum atomic E-state index is -2.85. The van der Waals surface area contributed by atoms with Crippen LogP contribution in [-0.2, 0) is 23.4 Å². The highest BCUT2D eigenvalue weighted by atomic mass is 28.4. The van der Waals surface area contributed by atoms with E-state index < -0.39 is 19.8 Å². The van der Waals surface area contributed by atoms with Crippen molar-refractivity contribution in [3.05, 3.63) is 60.7 Å². The standard InChI is InChI=1S/C39H58O6Si/c1-26-29(24-44-46(37(5,6)7,27-17-13-11-14-18-27)28-19-15-12-16-20-28)39-22-21-30(43-25-42-10)33(39)34(40)38(8,9)32(39)23-31(26)45-35(41)36(2,3)4/h11-20,26,29-34,40H,21-25H2,1-10H3/t26-,29-,30+,31-,32-,33-,34-,39-/m0/s1. The Bertz CT molecular complexity index is 1290. The predicted molar refractivity (Wildman–Crippen MR) is 185 cm³/mol. The number of hydrogen-bond donors (Lipinski definition) is 1. The Labute approximate surface area is 278 Å². The first-order valence-corrected chi connectivity index (χ1v) is 19.2. The third-order valence-corrected chi connectivity index (χ3v) is 17.1. The van der Waals surface area contributed by atoms with Crippen molar-refractivity contribution in [3.8, 4) is 0 Å². The Balaban J connectivity index is 1.64. The zero-order valence-electron chi connectivity index (χ0n) is 29.8. The van der Waals surface area contributed by atoms with Gasteiger partial charge in [0.2, 0.25) is 0 Å². The van der Waals surface area contributed by atoms with Crippen molar-refractivity contribution < 1.29 is 28.5 Å². The van der Waals surface area contributed by atoms with Crippen LogP contribution in [0.5, 0.6) is 0 Å². The summed E-state index contributed by atoms with van der Waals surface area (Å²) in [6.45, 7) is 20.1. The average molecular weight is 651 g/mol. The third-order valence-electron chi connectivity index (χ3n) is 12.1. The van der Waals surface area contributed by atoms with E-state index in [1.54, 1.807) is 7.11 Å². The number of benzene rings is 2. The van der Waals surface area contributed by atoms with Crippen molar-refractivity contribution >= 4 is 24.7 Å². The molecule has 46 heavy (non-hydrogen) atoms. The van der Waals surface area contributed by atoms with Crippen LogP contribution in [0.3, 0.4) is 0 Å². The molecule has 6 nitrogen and oxygen atoms in total. The predicted octanol–water partition coefficient (Wildman–Crippen LogP) is 6.58. The maximum absolute atomic E-state index is 13.4. The molecule has 254 valence electrons. The fourth-order valence-electron chi connectivity index (χ4n) is 9.85. The van der Waals surface area contributed by atoms with E-state index >= 15 is 0 Å². The molecule has 8 atom stereocenters. The maximum Gasteiger partial charge on any atom is 0.311 e. The number of methoxy groups -OCH3 is 1. The monoisotopic (exact) mass is 650 g/mol. The second kappa shape index (κ2) is 12.8. The van der Waals surface area contributed by atoms with Gasteiger partial charge in [-0.05, 0) is 84.0 Å². The van der Waals surface area contributed by atoms with Crippen molar-refractivity contribution in [2.24, 2.45) is 39.9 Å². The van der Waals surface area contributed by atoms with Gasteiger partial charge in [0.05, 0.1) is 17.6 Å². The average Bonchev–Trinajstić information content (AvgIpc) is 3.44. The van der Waals surface area contributed by atoms with Gasteiger partial charge in [-0.3, -0.25) is 4.79 Å². The van der Waals surface area contributed by atoms with Crippen LogP contribution in [0.4, 0.5) is 0 Å². The molecule has 1 N–H and O–H groups in total. The summed E-state index contributed by atoms with van der Waals surface area (Å²) in [4.78, 5) is 13.4. The molecule has 5 rings (SSSR count). The molecule has 3 fully saturated rings. The molecule has 0 aliphatic heterocycles. The summed E-state index contributed by atoms with van der Waals surface area (Å²) in [7, 11) is -1.20.